The van der Waals surface area contributed by atoms with Crippen molar-refractivity contribution in [1.29, 1.82) is 0 Å². The first kappa shape index (κ1) is 13.4. The van der Waals surface area contributed by atoms with E-state index in [9.17, 15) is 24.2 Å². The molecule has 1 aliphatic rings. The zero-order chi connectivity index (χ0) is 13.4. The van der Waals surface area contributed by atoms with Gasteiger partial charge in [-0.1, -0.05) is 0 Å². The molecule has 9 heteroatoms. The van der Waals surface area contributed by atoms with E-state index in [2.05, 4.69) is 0 Å². The third kappa shape index (κ3) is 2.15. The van der Waals surface area contributed by atoms with Crippen molar-refractivity contribution in [1.82, 2.24) is 9.55 Å². The van der Waals surface area contributed by atoms with Crippen LogP contribution in [-0.2, 0) is 0 Å². The van der Waals surface area contributed by atoms with Gasteiger partial charge in [0.05, 0.1) is 0 Å². The molecule has 0 aromatic carbocycles. The second kappa shape index (κ2) is 4.94. The predicted molar refractivity (Wildman–Crippen MR) is 58.9 cm³/mol. The van der Waals surface area contributed by atoms with Crippen LogP contribution in [0.5, 0.6) is 0 Å². The summed E-state index contributed by atoms with van der Waals surface area (Å²) in [5.74, 6) is -1.14. The molecule has 0 saturated carbocycles. The Morgan fingerprint density at radius 3 is 2.61 bits per heavy atom. The topological polar surface area (TPSA) is 116 Å². The molecule has 0 bridgehead atoms. The fraction of sp³-hybridized carbons (Fsp3) is 0.556. The van der Waals surface area contributed by atoms with Crippen LogP contribution in [0.4, 0.5) is 4.39 Å². The molecule has 7 nitrogen and oxygen atoms in total. The number of halogens is 1. The monoisotopic (exact) mass is 326 g/mol. The Labute approximate surface area is 106 Å². The number of aromatic nitrogens is 2. The molecule has 18 heavy (non-hydrogen) atoms. The molecule has 0 radical (unpaired) electrons. The van der Waals surface area contributed by atoms with Gasteiger partial charge in [0.15, 0.2) is 0 Å². The van der Waals surface area contributed by atoms with Gasteiger partial charge in [0.1, 0.15) is 0 Å². The van der Waals surface area contributed by atoms with Crippen LogP contribution in [0.2, 0.25) is 4.82 Å². The van der Waals surface area contributed by atoms with Gasteiger partial charge in [-0.3, -0.25) is 0 Å². The van der Waals surface area contributed by atoms with E-state index >= 15 is 0 Å². The van der Waals surface area contributed by atoms with Crippen molar-refractivity contribution in [3.05, 3.63) is 32.9 Å². The summed E-state index contributed by atoms with van der Waals surface area (Å²) in [7, 11) is 0. The summed E-state index contributed by atoms with van der Waals surface area (Å²) < 4.78 is 14.0. The van der Waals surface area contributed by atoms with Gasteiger partial charge in [-0.25, -0.2) is 0 Å². The third-order valence-electron chi connectivity index (χ3n) is 2.72. The van der Waals surface area contributed by atoms with Crippen molar-refractivity contribution in [2.24, 2.45) is 0 Å². The second-order valence-corrected chi connectivity index (χ2v) is 6.73. The molecule has 0 aliphatic carbocycles. The van der Waals surface area contributed by atoms with E-state index in [1.165, 1.54) is 0 Å². The van der Waals surface area contributed by atoms with Gasteiger partial charge in [0, 0.05) is 0 Å². The van der Waals surface area contributed by atoms with Crippen LogP contribution in [0, 0.1) is 5.82 Å². The van der Waals surface area contributed by atoms with Crippen molar-refractivity contribution in [2.45, 2.75) is 22.0 Å². The van der Waals surface area contributed by atoms with Gasteiger partial charge in [-0.2, -0.15) is 0 Å². The van der Waals surface area contributed by atoms with Gasteiger partial charge in [0.25, 0.3) is 0 Å². The number of nitrogens with one attached hydrogen (secondary N) is 1. The molecule has 1 saturated heterocycles. The Morgan fingerprint density at radius 2 is 2.06 bits per heavy atom. The number of aliphatic hydroxyl groups is 3. The summed E-state index contributed by atoms with van der Waals surface area (Å²) in [5, 5.41) is 28.4. The number of aromatic amines is 1. The summed E-state index contributed by atoms with van der Waals surface area (Å²) in [6.07, 6.45) is -1.73. The van der Waals surface area contributed by atoms with Crippen molar-refractivity contribution in [2.75, 3.05) is 6.61 Å². The number of rotatable bonds is 2. The normalized spacial score (nSPS) is 31.8. The van der Waals surface area contributed by atoms with Crippen LogP contribution in [0.3, 0.4) is 0 Å². The number of aliphatic hydroxyl groups excluding tert-OH is 3. The Balaban J connectivity index is 2.42. The molecule has 100 valence electrons. The quantitative estimate of drug-likeness (QED) is 0.445. The predicted octanol–water partition coefficient (Wildman–Crippen LogP) is -2.61. The van der Waals surface area contributed by atoms with Crippen molar-refractivity contribution < 1.29 is 19.7 Å². The van der Waals surface area contributed by atoms with E-state index < -0.39 is 54.0 Å². The summed E-state index contributed by atoms with van der Waals surface area (Å²) in [4.78, 5) is 22.8. The molecule has 1 fully saturated rings. The van der Waals surface area contributed by atoms with Crippen LogP contribution in [0.25, 0.3) is 0 Å². The molecule has 2 heterocycles. The van der Waals surface area contributed by atoms with Crippen LogP contribution in [-0.4, -0.2) is 58.6 Å². The Bertz CT molecular complexity index is 559. The molecule has 1 aromatic rings. The van der Waals surface area contributed by atoms with Gasteiger partial charge in [-0.05, 0) is 0 Å². The molecular weight excluding hydrogens is 314 g/mol. The van der Waals surface area contributed by atoms with E-state index in [0.717, 1.165) is 4.57 Å². The average Bonchev–Trinajstić information content (AvgIpc) is 2.61. The third-order valence-corrected chi connectivity index (χ3v) is 5.99. The molecule has 4 atom stereocenters. The van der Waals surface area contributed by atoms with Gasteiger partial charge in [0.2, 0.25) is 0 Å². The summed E-state index contributed by atoms with van der Waals surface area (Å²) >= 11 is -0.498. The molecular formula is C9H11FN2O5Se. The van der Waals surface area contributed by atoms with Crippen LogP contribution in [0.15, 0.2) is 15.8 Å². The maximum atomic E-state index is 13.1. The first-order valence-electron chi connectivity index (χ1n) is 5.09. The molecule has 1 aromatic heterocycles. The minimum absolute atomic E-state index is 0.324. The van der Waals surface area contributed by atoms with Gasteiger partial charge < -0.3 is 0 Å². The molecule has 2 rings (SSSR count). The van der Waals surface area contributed by atoms with E-state index in [-0.39, 0.29) is 6.61 Å². The zero-order valence-corrected chi connectivity index (χ0v) is 10.7. The molecule has 1 aliphatic heterocycles. The summed E-state index contributed by atoms with van der Waals surface area (Å²) in [6.45, 7) is -0.324. The fourth-order valence-corrected chi connectivity index (χ4v) is 4.65. The maximum absolute atomic E-state index is 13.1. The first-order valence-corrected chi connectivity index (χ1v) is 7.07. The van der Waals surface area contributed by atoms with E-state index in [1.54, 1.807) is 4.98 Å². The molecule has 0 spiro atoms. The van der Waals surface area contributed by atoms with Crippen molar-refractivity contribution >= 4 is 15.0 Å². The van der Waals surface area contributed by atoms with Gasteiger partial charge in [-0.15, -0.1) is 0 Å². The minimum atomic E-state index is -1.27. The first-order chi connectivity index (χ1) is 8.45. The number of nitrogens with zero attached hydrogens (tertiary/aromatic N) is 1. The van der Waals surface area contributed by atoms with E-state index in [0.29, 0.717) is 6.20 Å². The Kier molecular flexibility index (Phi) is 3.69. The average molecular weight is 325 g/mol. The van der Waals surface area contributed by atoms with Crippen LogP contribution in [0.1, 0.15) is 4.94 Å². The Morgan fingerprint density at radius 1 is 1.39 bits per heavy atom. The number of hydrogen-bond acceptors (Lipinski definition) is 5. The van der Waals surface area contributed by atoms with Crippen LogP contribution < -0.4 is 11.2 Å². The fourth-order valence-electron chi connectivity index (χ4n) is 1.76. The SMILES string of the molecule is O=c1[nH]c(=O)n([C@@H]2[Se][C@H](CO)C(O)C2O)cc1F. The van der Waals surface area contributed by atoms with E-state index in [4.69, 9.17) is 5.11 Å². The summed E-state index contributed by atoms with van der Waals surface area (Å²) in [5.41, 5.74) is -1.98. The standard InChI is InChI=1S/C9H11FN2O5Se/c10-3-1-12(9(17)11-7(3)16)8-6(15)5(14)4(2-13)18-8/h1,4-6,8,13-15H,2H2,(H,11,16,17)/t4-,5?,6?,8-/m1/s1. The van der Waals surface area contributed by atoms with E-state index in [1.807, 2.05) is 0 Å². The molecule has 2 unspecified atom stereocenters. The molecule has 4 N–H and O–H groups in total. The number of H-pyrrole nitrogens is 1. The summed E-state index contributed by atoms with van der Waals surface area (Å²) in [6, 6.07) is 0. The Hall–Kier alpha value is -0.991. The molecule has 0 amide bonds. The van der Waals surface area contributed by atoms with Gasteiger partial charge >= 0.3 is 106 Å². The zero-order valence-electron chi connectivity index (χ0n) is 8.99. The van der Waals surface area contributed by atoms with Crippen molar-refractivity contribution in [3.63, 3.8) is 0 Å². The second-order valence-electron chi connectivity index (χ2n) is 3.87. The number of hydrogen-bond donors (Lipinski definition) is 4. The van der Waals surface area contributed by atoms with Crippen molar-refractivity contribution in [3.8, 4) is 0 Å². The van der Waals surface area contributed by atoms with Crippen LogP contribution >= 0.6 is 0 Å².